The Bertz CT molecular complexity index is 1510. The minimum absolute atomic E-state index is 0.0237. The van der Waals surface area contributed by atoms with Crippen LogP contribution in [0.4, 0.5) is 17.6 Å². The molecule has 0 aliphatic carbocycles. The number of benzene rings is 3. The first-order chi connectivity index (χ1) is 19.4. The molecule has 4 rings (SSSR count). The average Bonchev–Trinajstić information content (AvgIpc) is 3.14. The van der Waals surface area contributed by atoms with Gasteiger partial charge in [-0.05, 0) is 78.9 Å². The lowest BCUT2D eigenvalue weighted by molar-refractivity contribution is -0.140. The van der Waals surface area contributed by atoms with Gasteiger partial charge in [-0.25, -0.2) is 12.8 Å². The predicted molar refractivity (Wildman–Crippen MR) is 144 cm³/mol. The van der Waals surface area contributed by atoms with Crippen molar-refractivity contribution in [2.45, 2.75) is 49.5 Å². The monoisotopic (exact) mass is 611 g/mol. The van der Waals surface area contributed by atoms with Crippen LogP contribution in [0, 0.1) is 5.82 Å². The van der Waals surface area contributed by atoms with Crippen LogP contribution in [-0.2, 0) is 34.1 Å². The highest BCUT2D eigenvalue weighted by molar-refractivity contribution is 7.89. The zero-order chi connectivity index (χ0) is 29.8. The first-order valence-corrected chi connectivity index (χ1v) is 14.5. The number of carbonyl (C=O) groups is 2. The van der Waals surface area contributed by atoms with E-state index in [4.69, 9.17) is 11.6 Å². The third-order valence-electron chi connectivity index (χ3n) is 6.62. The van der Waals surface area contributed by atoms with Gasteiger partial charge in [-0.15, -0.1) is 0 Å². The summed E-state index contributed by atoms with van der Waals surface area (Å²) in [7, 11) is -4.12. The van der Waals surface area contributed by atoms with Gasteiger partial charge in [-0.2, -0.15) is 17.5 Å². The summed E-state index contributed by atoms with van der Waals surface area (Å²) in [5.74, 6) is -2.40. The molecule has 41 heavy (non-hydrogen) atoms. The second kappa shape index (κ2) is 12.6. The van der Waals surface area contributed by atoms with Crippen LogP contribution >= 0.6 is 11.6 Å². The molecule has 1 aliphatic rings. The molecule has 0 radical (unpaired) electrons. The van der Waals surface area contributed by atoms with Crippen LogP contribution in [-0.4, -0.2) is 37.1 Å². The zero-order valence-corrected chi connectivity index (χ0v) is 23.1. The minimum atomic E-state index is -4.87. The van der Waals surface area contributed by atoms with E-state index in [1.54, 1.807) is 0 Å². The van der Waals surface area contributed by atoms with Crippen molar-refractivity contribution in [3.8, 4) is 0 Å². The number of sulfonamides is 1. The summed E-state index contributed by atoms with van der Waals surface area (Å²) in [6.45, 7) is 0.0258. The fourth-order valence-corrected chi connectivity index (χ4v) is 6.16. The maximum atomic E-state index is 13.7. The van der Waals surface area contributed by atoms with Crippen LogP contribution in [0.1, 0.15) is 46.3 Å². The Morgan fingerprint density at radius 3 is 2.32 bits per heavy atom. The quantitative estimate of drug-likeness (QED) is 0.339. The van der Waals surface area contributed by atoms with E-state index < -0.39 is 45.4 Å². The molecule has 1 heterocycles. The molecule has 3 aromatic carbocycles. The molecule has 218 valence electrons. The Kier molecular flexibility index (Phi) is 9.35. The smallest absolute Gasteiger partial charge is 0.355 e. The number of rotatable bonds is 8. The average molecular weight is 612 g/mol. The third kappa shape index (κ3) is 7.43. The molecular formula is C28H26ClF4N3O4S. The van der Waals surface area contributed by atoms with Gasteiger partial charge < -0.3 is 10.6 Å². The molecule has 1 fully saturated rings. The zero-order valence-electron chi connectivity index (χ0n) is 21.5. The minimum Gasteiger partial charge on any atom is -0.355 e. The standard InChI is InChI=1S/C28H26ClF4N3O4S/c29-21-9-11-22(12-10-21)41(39,40)36(25-3-1-2-14-34-27(25)38)17-18-4-7-20(8-5-18)26(37)35-16-19-6-13-24(30)23(15-19)28(31,32)33/h4-13,15,25H,1-3,14,16-17H2,(H,34,38)(H,35,37)/t25-/m1/s1. The fourth-order valence-electron chi connectivity index (χ4n) is 4.43. The van der Waals surface area contributed by atoms with Crippen molar-refractivity contribution < 1.29 is 35.6 Å². The number of nitrogens with zero attached hydrogens (tertiary/aromatic N) is 1. The highest BCUT2D eigenvalue weighted by atomic mass is 35.5. The molecule has 0 unspecified atom stereocenters. The van der Waals surface area contributed by atoms with Crippen molar-refractivity contribution >= 4 is 33.4 Å². The van der Waals surface area contributed by atoms with Gasteiger partial charge in [0.15, 0.2) is 0 Å². The summed E-state index contributed by atoms with van der Waals surface area (Å²) in [5.41, 5.74) is -0.682. The number of hydrogen-bond acceptors (Lipinski definition) is 4. The van der Waals surface area contributed by atoms with Crippen LogP contribution in [0.25, 0.3) is 0 Å². The SMILES string of the molecule is O=C(NCc1ccc(F)c(C(F)(F)F)c1)c1ccc(CN([C@@H]2CCCCNC2=O)S(=O)(=O)c2ccc(Cl)cc2)cc1. The summed E-state index contributed by atoms with van der Waals surface area (Å²) in [6, 6.07) is 13.1. The molecule has 7 nitrogen and oxygen atoms in total. The van der Waals surface area contributed by atoms with Crippen LogP contribution < -0.4 is 10.6 Å². The van der Waals surface area contributed by atoms with Gasteiger partial charge in [0.2, 0.25) is 15.9 Å². The van der Waals surface area contributed by atoms with E-state index in [0.29, 0.717) is 42.1 Å². The summed E-state index contributed by atoms with van der Waals surface area (Å²) in [5, 5.41) is 5.61. The largest absolute Gasteiger partial charge is 0.419 e. The lowest BCUT2D eigenvalue weighted by atomic mass is 10.1. The van der Waals surface area contributed by atoms with E-state index in [2.05, 4.69) is 10.6 Å². The second-order valence-corrected chi connectivity index (χ2v) is 11.8. The number of hydrogen-bond donors (Lipinski definition) is 2. The number of nitrogens with one attached hydrogen (secondary N) is 2. The van der Waals surface area contributed by atoms with Crippen molar-refractivity contribution in [1.82, 2.24) is 14.9 Å². The summed E-state index contributed by atoms with van der Waals surface area (Å²) >= 11 is 5.93. The molecule has 1 saturated heterocycles. The van der Waals surface area contributed by atoms with Gasteiger partial charge in [0.25, 0.3) is 5.91 Å². The topological polar surface area (TPSA) is 95.6 Å². The Hall–Kier alpha value is -3.48. The number of amides is 2. The first-order valence-electron chi connectivity index (χ1n) is 12.6. The Morgan fingerprint density at radius 2 is 1.66 bits per heavy atom. The Balaban J connectivity index is 1.51. The number of alkyl halides is 3. The predicted octanol–water partition coefficient (Wildman–Crippen LogP) is 5.29. The van der Waals surface area contributed by atoms with Gasteiger partial charge in [0, 0.05) is 30.2 Å². The summed E-state index contributed by atoms with van der Waals surface area (Å²) < 4.78 is 80.9. The normalized spacial score (nSPS) is 16.2. The summed E-state index contributed by atoms with van der Waals surface area (Å²) in [4.78, 5) is 25.4. The van der Waals surface area contributed by atoms with E-state index in [-0.39, 0.29) is 29.1 Å². The Labute approximate surface area is 239 Å². The van der Waals surface area contributed by atoms with E-state index >= 15 is 0 Å². The van der Waals surface area contributed by atoms with Crippen LogP contribution in [0.2, 0.25) is 5.02 Å². The molecule has 1 aliphatic heterocycles. The van der Waals surface area contributed by atoms with Crippen molar-refractivity contribution in [3.63, 3.8) is 0 Å². The van der Waals surface area contributed by atoms with E-state index in [9.17, 15) is 35.6 Å². The lowest BCUT2D eigenvalue weighted by Crippen LogP contribution is -2.48. The molecule has 1 atom stereocenters. The van der Waals surface area contributed by atoms with Crippen LogP contribution in [0.5, 0.6) is 0 Å². The lowest BCUT2D eigenvalue weighted by Gasteiger charge is -2.29. The molecule has 0 aromatic heterocycles. The fraction of sp³-hybridized carbons (Fsp3) is 0.286. The molecule has 2 N–H and O–H groups in total. The van der Waals surface area contributed by atoms with Gasteiger partial charge in [-0.3, -0.25) is 9.59 Å². The summed E-state index contributed by atoms with van der Waals surface area (Å²) in [6.07, 6.45) is -3.17. The Morgan fingerprint density at radius 1 is 1.00 bits per heavy atom. The highest BCUT2D eigenvalue weighted by Crippen LogP contribution is 2.32. The number of carbonyl (C=O) groups excluding carboxylic acids is 2. The molecule has 13 heteroatoms. The molecule has 3 aromatic rings. The highest BCUT2D eigenvalue weighted by Gasteiger charge is 2.37. The maximum absolute atomic E-state index is 13.7. The van der Waals surface area contributed by atoms with Gasteiger partial charge in [0.05, 0.1) is 10.5 Å². The van der Waals surface area contributed by atoms with Gasteiger partial charge in [0.1, 0.15) is 11.9 Å². The van der Waals surface area contributed by atoms with E-state index in [1.807, 2.05) is 0 Å². The molecule has 0 saturated carbocycles. The number of halogens is 5. The van der Waals surface area contributed by atoms with Gasteiger partial charge >= 0.3 is 6.18 Å². The van der Waals surface area contributed by atoms with Crippen LogP contribution in [0.15, 0.2) is 71.6 Å². The van der Waals surface area contributed by atoms with E-state index in [0.717, 1.165) is 16.8 Å². The molecule has 0 bridgehead atoms. The first kappa shape index (κ1) is 30.5. The van der Waals surface area contributed by atoms with Crippen molar-refractivity contribution in [2.75, 3.05) is 6.54 Å². The molecule has 2 amide bonds. The molecular weight excluding hydrogens is 586 g/mol. The third-order valence-corrected chi connectivity index (χ3v) is 8.74. The maximum Gasteiger partial charge on any atom is 0.419 e. The van der Waals surface area contributed by atoms with Gasteiger partial charge in [-0.1, -0.05) is 29.8 Å². The van der Waals surface area contributed by atoms with Crippen molar-refractivity contribution in [1.29, 1.82) is 0 Å². The van der Waals surface area contributed by atoms with E-state index in [1.165, 1.54) is 48.5 Å². The van der Waals surface area contributed by atoms with Crippen molar-refractivity contribution in [2.24, 2.45) is 0 Å². The molecule has 0 spiro atoms. The second-order valence-electron chi connectivity index (χ2n) is 9.50. The van der Waals surface area contributed by atoms with Crippen LogP contribution in [0.3, 0.4) is 0 Å². The van der Waals surface area contributed by atoms with Crippen molar-refractivity contribution in [3.05, 3.63) is 99.8 Å².